The van der Waals surface area contributed by atoms with Crippen molar-refractivity contribution in [1.29, 1.82) is 0 Å². The van der Waals surface area contributed by atoms with E-state index in [1.54, 1.807) is 19.2 Å². The predicted molar refractivity (Wildman–Crippen MR) is 115 cm³/mol. The Hall–Kier alpha value is -1.73. The minimum atomic E-state index is -1.82. The summed E-state index contributed by atoms with van der Waals surface area (Å²) in [6.45, 7) is 0. The molecule has 0 aliphatic heterocycles. The summed E-state index contributed by atoms with van der Waals surface area (Å²) in [7, 11) is 1.55. The second-order valence-corrected chi connectivity index (χ2v) is 8.28. The molecule has 5 nitrogen and oxygen atoms in total. The molecule has 2 aromatic carbocycles. The highest BCUT2D eigenvalue weighted by molar-refractivity contribution is 7.80. The number of nitrogens with one attached hydrogen (secondary N) is 3. The lowest BCUT2D eigenvalue weighted by Gasteiger charge is -2.28. The van der Waals surface area contributed by atoms with Crippen LogP contribution in [0.4, 0.5) is 5.69 Å². The molecule has 2 aromatic rings. The van der Waals surface area contributed by atoms with Crippen LogP contribution in [-0.2, 0) is 11.2 Å². The van der Waals surface area contributed by atoms with Crippen molar-refractivity contribution in [1.82, 2.24) is 10.6 Å². The number of hydrogen-bond acceptors (Lipinski definition) is 3. The molecule has 9 heteroatoms. The van der Waals surface area contributed by atoms with Gasteiger partial charge in [-0.05, 0) is 29.9 Å². The number of halogens is 3. The summed E-state index contributed by atoms with van der Waals surface area (Å²) in [5.74, 6) is 0.283. The number of ether oxygens (including phenoxy) is 1. The van der Waals surface area contributed by atoms with Crippen LogP contribution in [0.15, 0.2) is 54.6 Å². The molecular formula is C18H18Cl3N3O2S. The van der Waals surface area contributed by atoms with Crippen molar-refractivity contribution in [2.75, 3.05) is 12.4 Å². The van der Waals surface area contributed by atoms with Crippen molar-refractivity contribution >= 4 is 63.7 Å². The first-order valence-corrected chi connectivity index (χ1v) is 9.44. The molecule has 144 valence electrons. The van der Waals surface area contributed by atoms with Crippen LogP contribution < -0.4 is 20.7 Å². The minimum absolute atomic E-state index is 0.145. The molecule has 27 heavy (non-hydrogen) atoms. The van der Waals surface area contributed by atoms with Gasteiger partial charge in [-0.25, -0.2) is 0 Å². The van der Waals surface area contributed by atoms with Gasteiger partial charge in [0.25, 0.3) is 0 Å². The summed E-state index contributed by atoms with van der Waals surface area (Å²) in [5, 5.41) is 8.57. The average Bonchev–Trinajstić information content (AvgIpc) is 2.61. The Morgan fingerprint density at radius 2 is 1.70 bits per heavy atom. The molecule has 0 fully saturated rings. The van der Waals surface area contributed by atoms with E-state index in [-0.39, 0.29) is 17.4 Å². The van der Waals surface area contributed by atoms with Gasteiger partial charge < -0.3 is 20.7 Å². The Morgan fingerprint density at radius 3 is 2.33 bits per heavy atom. The van der Waals surface area contributed by atoms with Crippen molar-refractivity contribution in [3.05, 3.63) is 60.2 Å². The van der Waals surface area contributed by atoms with Crippen molar-refractivity contribution in [2.45, 2.75) is 16.4 Å². The fraction of sp³-hybridized carbons (Fsp3) is 0.222. The third-order valence-corrected chi connectivity index (χ3v) is 4.35. The van der Waals surface area contributed by atoms with Crippen LogP contribution in [-0.4, -0.2) is 28.1 Å². The molecule has 0 unspecified atom stereocenters. The van der Waals surface area contributed by atoms with E-state index in [2.05, 4.69) is 16.0 Å². The Morgan fingerprint density at radius 1 is 1.07 bits per heavy atom. The topological polar surface area (TPSA) is 62.4 Å². The Balaban J connectivity index is 2.01. The van der Waals surface area contributed by atoms with Crippen molar-refractivity contribution in [3.8, 4) is 5.75 Å². The number of methoxy groups -OCH3 is 1. The summed E-state index contributed by atoms with van der Waals surface area (Å²) >= 11 is 23.2. The van der Waals surface area contributed by atoms with Gasteiger partial charge in [0.05, 0.1) is 19.2 Å². The Bertz CT molecular complexity index is 785. The van der Waals surface area contributed by atoms with Gasteiger partial charge in [0.15, 0.2) is 5.11 Å². The third kappa shape index (κ3) is 7.07. The largest absolute Gasteiger partial charge is 0.495 e. The number of benzene rings is 2. The lowest BCUT2D eigenvalue weighted by molar-refractivity contribution is -0.121. The Kier molecular flexibility index (Phi) is 7.98. The van der Waals surface area contributed by atoms with Gasteiger partial charge in [-0.2, -0.15) is 0 Å². The monoisotopic (exact) mass is 445 g/mol. The minimum Gasteiger partial charge on any atom is -0.495 e. The highest BCUT2D eigenvalue weighted by Gasteiger charge is 2.34. The molecule has 0 spiro atoms. The standard InChI is InChI=1S/C18H18Cl3N3O2S/c1-26-14-10-6-5-9-13(14)22-17(27)24-16(18(19,20)21)23-15(25)11-12-7-3-2-4-8-12/h2-10,16H,11H2,1H3,(H,23,25)(H2,22,24,27)/t16-/m1/s1. The molecule has 2 rings (SSSR count). The van der Waals surface area contributed by atoms with E-state index < -0.39 is 9.96 Å². The number of thiocarbonyl (C=S) groups is 1. The van der Waals surface area contributed by atoms with E-state index in [1.165, 1.54) is 0 Å². The SMILES string of the molecule is COc1ccccc1NC(=S)N[C@@H](NC(=O)Cc1ccccc1)C(Cl)(Cl)Cl. The molecular weight excluding hydrogens is 429 g/mol. The lowest BCUT2D eigenvalue weighted by atomic mass is 10.1. The second kappa shape index (κ2) is 9.99. The number of carbonyl (C=O) groups excluding carboxylic acids is 1. The van der Waals surface area contributed by atoms with Crippen LogP contribution in [0.2, 0.25) is 0 Å². The molecule has 1 atom stereocenters. The van der Waals surface area contributed by atoms with Gasteiger partial charge in [0.1, 0.15) is 11.9 Å². The van der Waals surface area contributed by atoms with Gasteiger partial charge in [-0.15, -0.1) is 0 Å². The molecule has 0 saturated carbocycles. The van der Waals surface area contributed by atoms with Gasteiger partial charge in [-0.3, -0.25) is 4.79 Å². The third-order valence-electron chi connectivity index (χ3n) is 3.47. The number of carbonyl (C=O) groups is 1. The second-order valence-electron chi connectivity index (χ2n) is 5.50. The number of hydrogen-bond donors (Lipinski definition) is 3. The van der Waals surface area contributed by atoms with E-state index in [0.29, 0.717) is 11.4 Å². The zero-order valence-corrected chi connectivity index (χ0v) is 17.4. The van der Waals surface area contributed by atoms with Crippen LogP contribution in [0.3, 0.4) is 0 Å². The molecule has 0 radical (unpaired) electrons. The highest BCUT2D eigenvalue weighted by Crippen LogP contribution is 2.29. The fourth-order valence-electron chi connectivity index (χ4n) is 2.23. The van der Waals surface area contributed by atoms with E-state index in [0.717, 1.165) is 5.56 Å². The maximum Gasteiger partial charge on any atom is 0.228 e. The Labute approximate surface area is 178 Å². The first-order chi connectivity index (χ1) is 12.8. The molecule has 0 aliphatic rings. The number of para-hydroxylation sites is 2. The maximum absolute atomic E-state index is 12.3. The summed E-state index contributed by atoms with van der Waals surface area (Å²) in [6.07, 6.45) is -0.889. The van der Waals surface area contributed by atoms with Gasteiger partial charge in [0.2, 0.25) is 9.70 Å². The summed E-state index contributed by atoms with van der Waals surface area (Å²) < 4.78 is 3.43. The first kappa shape index (κ1) is 21.6. The maximum atomic E-state index is 12.3. The zero-order valence-electron chi connectivity index (χ0n) is 14.3. The molecule has 0 saturated heterocycles. The highest BCUT2D eigenvalue weighted by atomic mass is 35.6. The smallest absolute Gasteiger partial charge is 0.228 e. The van der Waals surface area contributed by atoms with Crippen LogP contribution in [0.25, 0.3) is 0 Å². The summed E-state index contributed by atoms with van der Waals surface area (Å²) in [4.78, 5) is 12.3. The van der Waals surface area contributed by atoms with Crippen LogP contribution >= 0.6 is 47.0 Å². The number of amides is 1. The molecule has 1 amide bonds. The fourth-order valence-corrected chi connectivity index (χ4v) is 2.79. The molecule has 0 aromatic heterocycles. The summed E-state index contributed by atoms with van der Waals surface area (Å²) in [5.41, 5.74) is 1.48. The average molecular weight is 447 g/mol. The van der Waals surface area contributed by atoms with Crippen molar-refractivity contribution < 1.29 is 9.53 Å². The van der Waals surface area contributed by atoms with Crippen LogP contribution in [0.5, 0.6) is 5.75 Å². The van der Waals surface area contributed by atoms with Crippen molar-refractivity contribution in [3.63, 3.8) is 0 Å². The molecule has 0 bridgehead atoms. The molecule has 3 N–H and O–H groups in total. The first-order valence-electron chi connectivity index (χ1n) is 7.90. The van der Waals surface area contributed by atoms with Crippen molar-refractivity contribution in [2.24, 2.45) is 0 Å². The molecule has 0 heterocycles. The van der Waals surface area contributed by atoms with Crippen LogP contribution in [0.1, 0.15) is 5.56 Å². The van der Waals surface area contributed by atoms with Crippen LogP contribution in [0, 0.1) is 0 Å². The van der Waals surface area contributed by atoms with Gasteiger partial charge in [-0.1, -0.05) is 77.3 Å². The van der Waals surface area contributed by atoms with Gasteiger partial charge >= 0.3 is 0 Å². The van der Waals surface area contributed by atoms with E-state index in [1.807, 2.05) is 42.5 Å². The normalized spacial score (nSPS) is 12.0. The lowest BCUT2D eigenvalue weighted by Crippen LogP contribution is -2.56. The number of rotatable bonds is 6. The van der Waals surface area contributed by atoms with E-state index in [4.69, 9.17) is 51.8 Å². The van der Waals surface area contributed by atoms with Gasteiger partial charge in [0, 0.05) is 0 Å². The number of anilines is 1. The van der Waals surface area contributed by atoms with E-state index >= 15 is 0 Å². The zero-order chi connectivity index (χ0) is 19.9. The summed E-state index contributed by atoms with van der Waals surface area (Å²) in [6, 6.07) is 16.4. The van der Waals surface area contributed by atoms with E-state index in [9.17, 15) is 4.79 Å². The molecule has 0 aliphatic carbocycles. The predicted octanol–water partition coefficient (Wildman–Crippen LogP) is 4.04. The quantitative estimate of drug-likeness (QED) is 0.355. The number of alkyl halides is 3.